The van der Waals surface area contributed by atoms with Crippen LogP contribution in [0.25, 0.3) is 0 Å². The molecule has 156 valence electrons. The molecule has 0 saturated carbocycles. The second-order valence-corrected chi connectivity index (χ2v) is 6.67. The number of nitrogens with zero attached hydrogens (tertiary/aromatic N) is 2. The van der Waals surface area contributed by atoms with Crippen LogP contribution in [-0.4, -0.2) is 36.7 Å². The Morgan fingerprint density at radius 3 is 2.90 bits per heavy atom. The molecular weight excluding hydrogens is 396 g/mol. The summed E-state index contributed by atoms with van der Waals surface area (Å²) in [5, 5.41) is 11.2. The number of esters is 1. The molecule has 2 aromatic rings. The van der Waals surface area contributed by atoms with Crippen LogP contribution in [-0.2, 0) is 32.3 Å². The van der Waals surface area contributed by atoms with Gasteiger partial charge in [0.2, 0.25) is 5.91 Å². The Morgan fingerprint density at radius 1 is 1.23 bits per heavy atom. The highest BCUT2D eigenvalue weighted by molar-refractivity contribution is 5.99. The van der Waals surface area contributed by atoms with Gasteiger partial charge in [0, 0.05) is 23.3 Å². The average Bonchev–Trinajstić information content (AvgIpc) is 2.90. The van der Waals surface area contributed by atoms with Gasteiger partial charge in [0.15, 0.2) is 6.79 Å². The summed E-state index contributed by atoms with van der Waals surface area (Å²) in [4.78, 5) is 36.9. The lowest BCUT2D eigenvalue weighted by atomic mass is 10.1. The van der Waals surface area contributed by atoms with Gasteiger partial charge in [0.1, 0.15) is 24.7 Å². The topological polar surface area (TPSA) is 117 Å². The van der Waals surface area contributed by atoms with Crippen molar-refractivity contribution < 1.29 is 33.5 Å². The van der Waals surface area contributed by atoms with Crippen LogP contribution < -0.4 is 14.4 Å². The number of carbonyl (C=O) groups excluding carboxylic acids is 2. The van der Waals surface area contributed by atoms with E-state index in [1.807, 2.05) is 0 Å². The number of nitro benzene ring substituents is 1. The Labute approximate surface area is 171 Å². The molecular formula is C20H18N2O8. The number of carbonyl (C=O) groups is 2. The third-order valence-electron chi connectivity index (χ3n) is 4.69. The summed E-state index contributed by atoms with van der Waals surface area (Å²) in [5.74, 6) is -0.000901. The van der Waals surface area contributed by atoms with Crippen molar-refractivity contribution in [2.45, 2.75) is 19.6 Å². The molecule has 2 aliphatic heterocycles. The number of hydrogen-bond acceptors (Lipinski definition) is 8. The van der Waals surface area contributed by atoms with Crippen molar-refractivity contribution in [2.75, 3.05) is 24.8 Å². The average molecular weight is 414 g/mol. The smallest absolute Gasteiger partial charge is 0.326 e. The van der Waals surface area contributed by atoms with Crippen LogP contribution in [0.15, 0.2) is 36.4 Å². The van der Waals surface area contributed by atoms with Crippen LogP contribution >= 0.6 is 0 Å². The maximum Gasteiger partial charge on any atom is 0.326 e. The minimum Gasteiger partial charge on any atom is -0.491 e. The summed E-state index contributed by atoms with van der Waals surface area (Å²) >= 11 is 0. The molecule has 0 fully saturated rings. The Morgan fingerprint density at radius 2 is 2.07 bits per heavy atom. The lowest BCUT2D eigenvalue weighted by Crippen LogP contribution is -2.36. The number of amides is 1. The number of nitro groups is 1. The normalized spacial score (nSPS) is 15.2. The summed E-state index contributed by atoms with van der Waals surface area (Å²) in [6, 6.07) is 9.61. The van der Waals surface area contributed by atoms with E-state index in [1.54, 1.807) is 24.3 Å². The number of non-ortho nitro benzene ring substituents is 1. The summed E-state index contributed by atoms with van der Waals surface area (Å²) in [7, 11) is 0. The van der Waals surface area contributed by atoms with Crippen LogP contribution in [0.5, 0.6) is 11.5 Å². The fourth-order valence-electron chi connectivity index (χ4n) is 3.32. The molecule has 0 bridgehead atoms. The standard InChI is InChI=1S/C20H18N2O8/c23-18-5-6-28-17-4-2-1-3-16(17)21(18)9-19(24)29-11-14-8-15(22(25)26)7-13-10-27-12-30-20(13)14/h1-4,7-8H,5-6,9-12H2. The Hall–Kier alpha value is -3.66. The van der Waals surface area contributed by atoms with Gasteiger partial charge in [-0.1, -0.05) is 12.1 Å². The molecule has 0 saturated heterocycles. The van der Waals surface area contributed by atoms with Crippen molar-refractivity contribution in [1.29, 1.82) is 0 Å². The molecule has 10 heteroatoms. The quantitative estimate of drug-likeness (QED) is 0.416. The van der Waals surface area contributed by atoms with Crippen LogP contribution in [0.1, 0.15) is 17.5 Å². The predicted molar refractivity (Wildman–Crippen MR) is 102 cm³/mol. The summed E-state index contributed by atoms with van der Waals surface area (Å²) in [5.41, 5.74) is 1.21. The Kier molecular flexibility index (Phi) is 5.48. The van der Waals surface area contributed by atoms with Gasteiger partial charge in [-0.25, -0.2) is 0 Å². The molecule has 10 nitrogen and oxygen atoms in total. The molecule has 0 aromatic heterocycles. The van der Waals surface area contributed by atoms with E-state index in [1.165, 1.54) is 17.0 Å². The molecule has 0 N–H and O–H groups in total. The number of rotatable bonds is 5. The third-order valence-corrected chi connectivity index (χ3v) is 4.69. The first kappa shape index (κ1) is 19.6. The van der Waals surface area contributed by atoms with Crippen LogP contribution in [0.2, 0.25) is 0 Å². The fraction of sp³-hybridized carbons (Fsp3) is 0.300. The van der Waals surface area contributed by atoms with E-state index in [0.717, 1.165) is 0 Å². The highest BCUT2D eigenvalue weighted by atomic mass is 16.7. The van der Waals surface area contributed by atoms with E-state index in [0.29, 0.717) is 28.3 Å². The number of para-hydroxylation sites is 2. The van der Waals surface area contributed by atoms with Crippen molar-refractivity contribution in [3.05, 3.63) is 57.6 Å². The number of anilines is 1. The van der Waals surface area contributed by atoms with E-state index in [-0.39, 0.29) is 51.2 Å². The third kappa shape index (κ3) is 4.03. The van der Waals surface area contributed by atoms with Gasteiger partial charge in [-0.15, -0.1) is 0 Å². The van der Waals surface area contributed by atoms with Gasteiger partial charge in [-0.2, -0.15) is 0 Å². The van der Waals surface area contributed by atoms with E-state index < -0.39 is 10.9 Å². The van der Waals surface area contributed by atoms with Crippen molar-refractivity contribution in [3.63, 3.8) is 0 Å². The molecule has 0 aliphatic carbocycles. The van der Waals surface area contributed by atoms with Gasteiger partial charge in [0.25, 0.3) is 5.69 Å². The molecule has 1 amide bonds. The monoisotopic (exact) mass is 414 g/mol. The zero-order chi connectivity index (χ0) is 21.1. The zero-order valence-electron chi connectivity index (χ0n) is 15.9. The van der Waals surface area contributed by atoms with Crippen molar-refractivity contribution in [2.24, 2.45) is 0 Å². The Bertz CT molecular complexity index is 1010. The van der Waals surface area contributed by atoms with Gasteiger partial charge in [0.05, 0.1) is 30.2 Å². The van der Waals surface area contributed by atoms with Gasteiger partial charge in [-0.3, -0.25) is 24.6 Å². The number of ether oxygens (including phenoxy) is 4. The zero-order valence-corrected chi connectivity index (χ0v) is 15.9. The first-order valence-electron chi connectivity index (χ1n) is 9.21. The molecule has 0 spiro atoms. The Balaban J connectivity index is 1.50. The molecule has 2 aromatic carbocycles. The maximum absolute atomic E-state index is 12.5. The van der Waals surface area contributed by atoms with E-state index >= 15 is 0 Å². The maximum atomic E-state index is 12.5. The van der Waals surface area contributed by atoms with E-state index in [4.69, 9.17) is 18.9 Å². The fourth-order valence-corrected chi connectivity index (χ4v) is 3.32. The van der Waals surface area contributed by atoms with Crippen LogP contribution in [0.3, 0.4) is 0 Å². The van der Waals surface area contributed by atoms with Gasteiger partial charge < -0.3 is 18.9 Å². The minimum atomic E-state index is -0.660. The summed E-state index contributed by atoms with van der Waals surface area (Å²) in [6.07, 6.45) is 0.133. The molecule has 0 unspecified atom stereocenters. The molecule has 0 radical (unpaired) electrons. The number of benzene rings is 2. The van der Waals surface area contributed by atoms with Crippen LogP contribution in [0.4, 0.5) is 11.4 Å². The molecule has 0 atom stereocenters. The van der Waals surface area contributed by atoms with Crippen molar-refractivity contribution in [3.8, 4) is 11.5 Å². The van der Waals surface area contributed by atoms with Crippen LogP contribution in [0, 0.1) is 10.1 Å². The molecule has 30 heavy (non-hydrogen) atoms. The second-order valence-electron chi connectivity index (χ2n) is 6.67. The highest BCUT2D eigenvalue weighted by Crippen LogP contribution is 2.34. The first-order valence-corrected chi connectivity index (χ1v) is 9.21. The van der Waals surface area contributed by atoms with Crippen molar-refractivity contribution in [1.82, 2.24) is 0 Å². The molecule has 2 aliphatic rings. The lowest BCUT2D eigenvalue weighted by Gasteiger charge is -2.22. The van der Waals surface area contributed by atoms with E-state index in [2.05, 4.69) is 0 Å². The molecule has 4 rings (SSSR count). The SMILES string of the molecule is O=C(CN1C(=O)CCOc2ccccc21)OCc1cc([N+](=O)[O-])cc2c1OCOC2. The predicted octanol–water partition coefficient (Wildman–Crippen LogP) is 2.32. The molecule has 2 heterocycles. The van der Waals surface area contributed by atoms with Gasteiger partial charge >= 0.3 is 5.97 Å². The van der Waals surface area contributed by atoms with Gasteiger partial charge in [-0.05, 0) is 12.1 Å². The number of fused-ring (bicyclic) bond motifs is 2. The second kappa shape index (κ2) is 8.37. The lowest BCUT2D eigenvalue weighted by molar-refractivity contribution is -0.385. The number of hydrogen-bond donors (Lipinski definition) is 0. The largest absolute Gasteiger partial charge is 0.491 e. The summed E-state index contributed by atoms with van der Waals surface area (Å²) < 4.78 is 21.5. The van der Waals surface area contributed by atoms with E-state index in [9.17, 15) is 19.7 Å². The van der Waals surface area contributed by atoms with Crippen molar-refractivity contribution >= 4 is 23.3 Å². The highest BCUT2D eigenvalue weighted by Gasteiger charge is 2.26. The summed E-state index contributed by atoms with van der Waals surface area (Å²) in [6.45, 7) is -0.147. The minimum absolute atomic E-state index is 0.00478. The first-order chi connectivity index (χ1) is 14.5.